The third-order valence-electron chi connectivity index (χ3n) is 5.78. The largest absolute Gasteiger partial charge is 0.497 e. The van der Waals surface area contributed by atoms with E-state index in [1.807, 2.05) is 74.7 Å². The van der Waals surface area contributed by atoms with Crippen molar-refractivity contribution in [3.63, 3.8) is 0 Å². The molecule has 1 aromatic heterocycles. The SMILES string of the molecule is COc1ccc(-c2coc3c(C)c(OC)c(/C(C)=C/C(=O)Nc4ccc(SC)cc4)cc23)cc1. The molecular weight excluding hydrogens is 446 g/mol. The van der Waals surface area contributed by atoms with Crippen molar-refractivity contribution in [2.45, 2.75) is 18.7 Å². The van der Waals surface area contributed by atoms with Gasteiger partial charge in [-0.15, -0.1) is 11.8 Å². The highest BCUT2D eigenvalue weighted by Gasteiger charge is 2.19. The second-order valence-electron chi connectivity index (χ2n) is 7.88. The molecule has 0 radical (unpaired) electrons. The zero-order valence-electron chi connectivity index (χ0n) is 19.9. The van der Waals surface area contributed by atoms with Crippen molar-refractivity contribution >= 4 is 39.9 Å². The summed E-state index contributed by atoms with van der Waals surface area (Å²) in [4.78, 5) is 13.9. The van der Waals surface area contributed by atoms with Gasteiger partial charge in [-0.1, -0.05) is 12.1 Å². The first-order valence-electron chi connectivity index (χ1n) is 10.8. The van der Waals surface area contributed by atoms with Crippen LogP contribution in [0.15, 0.2) is 76.2 Å². The van der Waals surface area contributed by atoms with Gasteiger partial charge in [0.2, 0.25) is 5.91 Å². The molecule has 1 heterocycles. The molecule has 174 valence electrons. The fourth-order valence-corrected chi connectivity index (χ4v) is 4.40. The lowest BCUT2D eigenvalue weighted by molar-refractivity contribution is -0.111. The molecule has 0 aliphatic carbocycles. The number of ether oxygens (including phenoxy) is 2. The van der Waals surface area contributed by atoms with Crippen LogP contribution in [-0.4, -0.2) is 26.4 Å². The Labute approximate surface area is 203 Å². The Morgan fingerprint density at radius 2 is 1.74 bits per heavy atom. The lowest BCUT2D eigenvalue weighted by atomic mass is 9.96. The van der Waals surface area contributed by atoms with Gasteiger partial charge in [-0.2, -0.15) is 0 Å². The van der Waals surface area contributed by atoms with E-state index in [9.17, 15) is 4.79 Å². The number of hydrogen-bond donors (Lipinski definition) is 1. The topological polar surface area (TPSA) is 60.7 Å². The number of rotatable bonds is 7. The third kappa shape index (κ3) is 4.68. The summed E-state index contributed by atoms with van der Waals surface area (Å²) in [6.07, 6.45) is 5.37. The minimum Gasteiger partial charge on any atom is -0.497 e. The van der Waals surface area contributed by atoms with E-state index in [4.69, 9.17) is 13.9 Å². The maximum Gasteiger partial charge on any atom is 0.248 e. The Balaban J connectivity index is 1.71. The minimum atomic E-state index is -0.197. The van der Waals surface area contributed by atoms with Crippen LogP contribution in [0.3, 0.4) is 0 Å². The first-order valence-corrected chi connectivity index (χ1v) is 12.0. The summed E-state index contributed by atoms with van der Waals surface area (Å²) >= 11 is 1.66. The maximum atomic E-state index is 12.7. The molecule has 0 bridgehead atoms. The van der Waals surface area contributed by atoms with Gasteiger partial charge in [-0.3, -0.25) is 4.79 Å². The van der Waals surface area contributed by atoms with Gasteiger partial charge in [-0.05, 0) is 73.7 Å². The number of benzene rings is 3. The van der Waals surface area contributed by atoms with E-state index in [2.05, 4.69) is 5.32 Å². The summed E-state index contributed by atoms with van der Waals surface area (Å²) < 4.78 is 16.9. The smallest absolute Gasteiger partial charge is 0.248 e. The number of aryl methyl sites for hydroxylation is 1. The number of carbonyl (C=O) groups excluding carboxylic acids is 1. The predicted octanol–water partition coefficient (Wildman–Crippen LogP) is 7.19. The fraction of sp³-hybridized carbons (Fsp3) is 0.179. The van der Waals surface area contributed by atoms with E-state index in [1.165, 1.54) is 0 Å². The lowest BCUT2D eigenvalue weighted by Crippen LogP contribution is -2.08. The molecule has 0 atom stereocenters. The van der Waals surface area contributed by atoms with Crippen molar-refractivity contribution in [3.05, 3.63) is 78.1 Å². The van der Waals surface area contributed by atoms with Gasteiger partial charge in [0.05, 0.1) is 20.5 Å². The molecule has 0 saturated carbocycles. The Kier molecular flexibility index (Phi) is 6.98. The van der Waals surface area contributed by atoms with Crippen molar-refractivity contribution < 1.29 is 18.7 Å². The van der Waals surface area contributed by atoms with E-state index in [0.29, 0.717) is 5.75 Å². The molecule has 0 saturated heterocycles. The van der Waals surface area contributed by atoms with Crippen molar-refractivity contribution in [2.24, 2.45) is 0 Å². The molecular formula is C28H27NO4S. The minimum absolute atomic E-state index is 0.197. The van der Waals surface area contributed by atoms with Crippen LogP contribution in [0.1, 0.15) is 18.1 Å². The average Bonchev–Trinajstić information content (AvgIpc) is 3.28. The van der Waals surface area contributed by atoms with Crippen molar-refractivity contribution in [3.8, 4) is 22.6 Å². The molecule has 0 unspecified atom stereocenters. The Morgan fingerprint density at radius 1 is 1.03 bits per heavy atom. The zero-order chi connectivity index (χ0) is 24.2. The van der Waals surface area contributed by atoms with Crippen LogP contribution in [0.2, 0.25) is 0 Å². The quantitative estimate of drug-likeness (QED) is 0.227. The lowest BCUT2D eigenvalue weighted by Gasteiger charge is -2.13. The number of fused-ring (bicyclic) bond motifs is 1. The van der Waals surface area contributed by atoms with E-state index < -0.39 is 0 Å². The van der Waals surface area contributed by atoms with Crippen LogP contribution in [-0.2, 0) is 4.79 Å². The van der Waals surface area contributed by atoms with E-state index >= 15 is 0 Å². The first-order chi connectivity index (χ1) is 16.4. The number of furan rings is 1. The molecule has 4 rings (SSSR count). The summed E-state index contributed by atoms with van der Waals surface area (Å²) in [5.41, 5.74) is 6.02. The summed E-state index contributed by atoms with van der Waals surface area (Å²) in [5, 5.41) is 3.89. The van der Waals surface area contributed by atoms with Crippen LogP contribution >= 0.6 is 11.8 Å². The van der Waals surface area contributed by atoms with Crippen LogP contribution in [0.4, 0.5) is 5.69 Å². The number of amides is 1. The van der Waals surface area contributed by atoms with Crippen molar-refractivity contribution in [1.29, 1.82) is 0 Å². The fourth-order valence-electron chi connectivity index (χ4n) is 3.99. The second kappa shape index (κ2) is 10.1. The molecule has 1 amide bonds. The van der Waals surface area contributed by atoms with E-state index in [-0.39, 0.29) is 5.91 Å². The predicted molar refractivity (Wildman–Crippen MR) is 140 cm³/mol. The molecule has 34 heavy (non-hydrogen) atoms. The van der Waals surface area contributed by atoms with Crippen LogP contribution in [0, 0.1) is 6.92 Å². The Morgan fingerprint density at radius 3 is 2.35 bits per heavy atom. The second-order valence-corrected chi connectivity index (χ2v) is 8.76. The van der Waals surface area contributed by atoms with Crippen LogP contribution in [0.5, 0.6) is 11.5 Å². The number of anilines is 1. The van der Waals surface area contributed by atoms with Gasteiger partial charge in [0.25, 0.3) is 0 Å². The summed E-state index contributed by atoms with van der Waals surface area (Å²) in [5.74, 6) is 1.29. The molecule has 0 aliphatic heterocycles. The first kappa shape index (κ1) is 23.5. The van der Waals surface area contributed by atoms with E-state index in [0.717, 1.165) is 55.1 Å². The molecule has 1 N–H and O–H groups in total. The van der Waals surface area contributed by atoms with Crippen molar-refractivity contribution in [1.82, 2.24) is 0 Å². The third-order valence-corrected chi connectivity index (χ3v) is 6.52. The number of nitrogens with one attached hydrogen (secondary N) is 1. The highest BCUT2D eigenvalue weighted by molar-refractivity contribution is 7.98. The van der Waals surface area contributed by atoms with Gasteiger partial charge in [0.1, 0.15) is 17.1 Å². The number of carbonyl (C=O) groups is 1. The average molecular weight is 474 g/mol. The number of methoxy groups -OCH3 is 2. The highest BCUT2D eigenvalue weighted by atomic mass is 32.2. The number of hydrogen-bond acceptors (Lipinski definition) is 5. The maximum absolute atomic E-state index is 12.7. The molecule has 3 aromatic carbocycles. The molecule has 0 aliphatic rings. The van der Waals surface area contributed by atoms with Crippen LogP contribution in [0.25, 0.3) is 27.7 Å². The zero-order valence-corrected chi connectivity index (χ0v) is 20.7. The van der Waals surface area contributed by atoms with Gasteiger partial charge in [0.15, 0.2) is 0 Å². The number of thioether (sulfide) groups is 1. The van der Waals surface area contributed by atoms with Gasteiger partial charge in [-0.25, -0.2) is 0 Å². The highest BCUT2D eigenvalue weighted by Crippen LogP contribution is 2.40. The van der Waals surface area contributed by atoms with Gasteiger partial charge in [0, 0.05) is 38.7 Å². The molecule has 5 nitrogen and oxygen atoms in total. The summed E-state index contributed by atoms with van der Waals surface area (Å²) in [7, 11) is 3.28. The molecule has 4 aromatic rings. The normalized spacial score (nSPS) is 11.5. The van der Waals surface area contributed by atoms with Gasteiger partial charge >= 0.3 is 0 Å². The van der Waals surface area contributed by atoms with Crippen molar-refractivity contribution in [2.75, 3.05) is 25.8 Å². The Hall–Kier alpha value is -3.64. The molecule has 0 spiro atoms. The summed E-state index contributed by atoms with van der Waals surface area (Å²) in [6, 6.07) is 17.6. The standard InChI is InChI=1S/C28H27NO4S/c1-17(14-26(30)29-20-8-12-22(34-5)13-9-20)23-15-24-25(19-6-10-21(31-3)11-7-19)16-33-28(24)18(2)27(23)32-4/h6-16H,1-5H3,(H,29,30)/b17-14+. The van der Waals surface area contributed by atoms with E-state index in [1.54, 1.807) is 38.3 Å². The van der Waals surface area contributed by atoms with Gasteiger partial charge < -0.3 is 19.2 Å². The summed E-state index contributed by atoms with van der Waals surface area (Å²) in [6.45, 7) is 3.87. The molecule has 0 fully saturated rings. The number of allylic oxidation sites excluding steroid dienone is 1. The molecule has 6 heteroatoms. The van der Waals surface area contributed by atoms with Crippen LogP contribution < -0.4 is 14.8 Å². The Bertz CT molecular complexity index is 1350. The monoisotopic (exact) mass is 473 g/mol.